The van der Waals surface area contributed by atoms with E-state index in [-0.39, 0.29) is 5.91 Å². The summed E-state index contributed by atoms with van der Waals surface area (Å²) in [4.78, 5) is 25.8. The number of hydrogen-bond acceptors (Lipinski definition) is 5. The predicted molar refractivity (Wildman–Crippen MR) is 124 cm³/mol. The molecule has 32 heavy (non-hydrogen) atoms. The van der Waals surface area contributed by atoms with Crippen molar-refractivity contribution in [3.63, 3.8) is 0 Å². The first kappa shape index (κ1) is 21.2. The third kappa shape index (κ3) is 4.51. The number of imidazole rings is 1. The molecule has 0 radical (unpaired) electrons. The van der Waals surface area contributed by atoms with Crippen LogP contribution in [0.3, 0.4) is 0 Å². The molecule has 0 fully saturated rings. The van der Waals surface area contributed by atoms with Gasteiger partial charge in [-0.05, 0) is 70.5 Å². The van der Waals surface area contributed by atoms with E-state index in [2.05, 4.69) is 20.3 Å². The molecule has 4 aromatic rings. The number of nitrogens with one attached hydrogen (secondary N) is 1. The Labute approximate surface area is 187 Å². The first-order chi connectivity index (χ1) is 15.3. The minimum atomic E-state index is -0.137. The lowest BCUT2D eigenvalue weighted by molar-refractivity contribution is 0.102. The molecule has 0 aliphatic carbocycles. The molecule has 0 bridgehead atoms. The second kappa shape index (κ2) is 8.63. The lowest BCUT2D eigenvalue weighted by Gasteiger charge is -2.11. The van der Waals surface area contributed by atoms with Crippen LogP contribution in [0.5, 0.6) is 11.6 Å². The molecule has 0 spiro atoms. The Morgan fingerprint density at radius 1 is 0.938 bits per heavy atom. The lowest BCUT2D eigenvalue weighted by Crippen LogP contribution is -2.13. The highest BCUT2D eigenvalue weighted by molar-refractivity contribution is 6.05. The van der Waals surface area contributed by atoms with Gasteiger partial charge in [0.15, 0.2) is 0 Å². The van der Waals surface area contributed by atoms with E-state index in [1.165, 1.54) is 0 Å². The Hall–Kier alpha value is -4.00. The van der Waals surface area contributed by atoms with Crippen LogP contribution in [0.15, 0.2) is 54.9 Å². The molecule has 2 aromatic carbocycles. The largest absolute Gasteiger partial charge is 0.439 e. The van der Waals surface area contributed by atoms with Gasteiger partial charge in [-0.15, -0.1) is 0 Å². The monoisotopic (exact) mass is 427 g/mol. The van der Waals surface area contributed by atoms with Gasteiger partial charge in [0.05, 0.1) is 5.69 Å². The van der Waals surface area contributed by atoms with E-state index in [0.717, 1.165) is 22.5 Å². The van der Waals surface area contributed by atoms with Gasteiger partial charge in [0.25, 0.3) is 5.91 Å². The minimum absolute atomic E-state index is 0.137. The number of hydrogen-bond donors (Lipinski definition) is 1. The number of ether oxygens (including phenoxy) is 1. The SMILES string of the molecule is Cc1ccc(C)c(C(=O)Nc2ccc(Oc3cc(-n4cnc(C)c4C)nc(C)n3)cc2)c1. The molecular weight excluding hydrogens is 402 g/mol. The van der Waals surface area contributed by atoms with Gasteiger partial charge in [0.2, 0.25) is 5.88 Å². The molecule has 7 heteroatoms. The number of rotatable bonds is 5. The number of carbonyl (C=O) groups is 1. The maximum atomic E-state index is 12.6. The Balaban J connectivity index is 1.50. The first-order valence-corrected chi connectivity index (χ1v) is 10.3. The van der Waals surface area contributed by atoms with Crippen molar-refractivity contribution in [3.05, 3.63) is 88.8 Å². The van der Waals surface area contributed by atoms with Crippen LogP contribution in [0.1, 0.15) is 38.7 Å². The summed E-state index contributed by atoms with van der Waals surface area (Å²) in [5.74, 6) is 2.20. The van der Waals surface area contributed by atoms with Gasteiger partial charge in [0.1, 0.15) is 23.7 Å². The van der Waals surface area contributed by atoms with Crippen LogP contribution >= 0.6 is 0 Å². The molecular formula is C25H25N5O2. The molecule has 1 amide bonds. The molecule has 4 rings (SSSR count). The highest BCUT2D eigenvalue weighted by Crippen LogP contribution is 2.24. The highest BCUT2D eigenvalue weighted by atomic mass is 16.5. The van der Waals surface area contributed by atoms with E-state index in [0.29, 0.717) is 34.5 Å². The summed E-state index contributed by atoms with van der Waals surface area (Å²) in [6.07, 6.45) is 1.74. The zero-order chi connectivity index (χ0) is 22.8. The topological polar surface area (TPSA) is 81.9 Å². The average Bonchev–Trinajstić information content (AvgIpc) is 3.09. The van der Waals surface area contributed by atoms with Gasteiger partial charge in [-0.3, -0.25) is 9.36 Å². The van der Waals surface area contributed by atoms with Gasteiger partial charge >= 0.3 is 0 Å². The zero-order valence-corrected chi connectivity index (χ0v) is 18.8. The Kier molecular flexibility index (Phi) is 5.73. The van der Waals surface area contributed by atoms with Crippen molar-refractivity contribution < 1.29 is 9.53 Å². The van der Waals surface area contributed by atoms with E-state index in [9.17, 15) is 4.79 Å². The molecule has 0 unspecified atom stereocenters. The fourth-order valence-electron chi connectivity index (χ4n) is 3.34. The molecule has 2 aromatic heterocycles. The van der Waals surface area contributed by atoms with Crippen LogP contribution in [0.4, 0.5) is 5.69 Å². The van der Waals surface area contributed by atoms with Crippen LogP contribution in [0.2, 0.25) is 0 Å². The number of aromatic nitrogens is 4. The van der Waals surface area contributed by atoms with Gasteiger partial charge in [-0.2, -0.15) is 4.98 Å². The number of benzene rings is 2. The van der Waals surface area contributed by atoms with Gasteiger partial charge in [-0.1, -0.05) is 17.7 Å². The molecule has 2 heterocycles. The normalized spacial score (nSPS) is 10.8. The predicted octanol–water partition coefficient (Wildman–Crippen LogP) is 5.25. The molecule has 0 atom stereocenters. The molecule has 0 aliphatic heterocycles. The van der Waals surface area contributed by atoms with Crippen molar-refractivity contribution in [1.82, 2.24) is 19.5 Å². The minimum Gasteiger partial charge on any atom is -0.439 e. The highest BCUT2D eigenvalue weighted by Gasteiger charge is 2.12. The number of anilines is 1. The molecule has 7 nitrogen and oxygen atoms in total. The number of nitrogens with zero attached hydrogens (tertiary/aromatic N) is 4. The smallest absolute Gasteiger partial charge is 0.255 e. The van der Waals surface area contributed by atoms with Crippen LogP contribution in [-0.4, -0.2) is 25.4 Å². The Morgan fingerprint density at radius 3 is 2.38 bits per heavy atom. The third-order valence-electron chi connectivity index (χ3n) is 5.27. The van der Waals surface area contributed by atoms with Crippen LogP contribution in [0.25, 0.3) is 5.82 Å². The zero-order valence-electron chi connectivity index (χ0n) is 18.8. The van der Waals surface area contributed by atoms with Crippen LogP contribution < -0.4 is 10.1 Å². The van der Waals surface area contributed by atoms with Crippen molar-refractivity contribution in [1.29, 1.82) is 0 Å². The molecule has 0 aliphatic rings. The molecule has 0 saturated carbocycles. The maximum Gasteiger partial charge on any atom is 0.255 e. The Bertz CT molecular complexity index is 1290. The molecule has 1 N–H and O–H groups in total. The summed E-state index contributed by atoms with van der Waals surface area (Å²) in [7, 11) is 0. The number of amides is 1. The fourth-order valence-corrected chi connectivity index (χ4v) is 3.34. The van der Waals surface area contributed by atoms with Crippen molar-refractivity contribution in [2.24, 2.45) is 0 Å². The van der Waals surface area contributed by atoms with Gasteiger partial charge < -0.3 is 10.1 Å². The summed E-state index contributed by atoms with van der Waals surface area (Å²) in [5.41, 5.74) is 5.29. The molecule has 162 valence electrons. The summed E-state index contributed by atoms with van der Waals surface area (Å²) in [6.45, 7) is 9.67. The maximum absolute atomic E-state index is 12.6. The van der Waals surface area contributed by atoms with Crippen molar-refractivity contribution >= 4 is 11.6 Å². The fraction of sp³-hybridized carbons (Fsp3) is 0.200. The molecule has 0 saturated heterocycles. The summed E-state index contributed by atoms with van der Waals surface area (Å²) >= 11 is 0. The third-order valence-corrected chi connectivity index (χ3v) is 5.27. The van der Waals surface area contributed by atoms with Crippen molar-refractivity contribution in [3.8, 4) is 17.4 Å². The van der Waals surface area contributed by atoms with Crippen LogP contribution in [-0.2, 0) is 0 Å². The van der Waals surface area contributed by atoms with E-state index in [1.54, 1.807) is 36.7 Å². The first-order valence-electron chi connectivity index (χ1n) is 10.3. The van der Waals surface area contributed by atoms with Crippen molar-refractivity contribution in [2.45, 2.75) is 34.6 Å². The standard InChI is InChI=1S/C25H25N5O2/c1-15-6-7-16(2)22(12-15)25(31)29-20-8-10-21(11-9-20)32-24-13-23(27-19(5)28-24)30-14-26-17(3)18(30)4/h6-14H,1-5H3,(H,29,31). The quantitative estimate of drug-likeness (QED) is 0.470. The van der Waals surface area contributed by atoms with E-state index in [4.69, 9.17) is 4.74 Å². The van der Waals surface area contributed by atoms with E-state index >= 15 is 0 Å². The number of carbonyl (C=O) groups excluding carboxylic acids is 1. The van der Waals surface area contributed by atoms with E-state index < -0.39 is 0 Å². The van der Waals surface area contributed by atoms with Gasteiger partial charge in [-0.25, -0.2) is 9.97 Å². The van der Waals surface area contributed by atoms with Crippen LogP contribution in [0, 0.1) is 34.6 Å². The van der Waals surface area contributed by atoms with E-state index in [1.807, 2.05) is 57.4 Å². The Morgan fingerprint density at radius 2 is 1.69 bits per heavy atom. The summed E-state index contributed by atoms with van der Waals surface area (Å²) in [5, 5.41) is 2.94. The number of aryl methyl sites for hydroxylation is 4. The second-order valence-electron chi connectivity index (χ2n) is 7.80. The average molecular weight is 428 g/mol. The lowest BCUT2D eigenvalue weighted by atomic mass is 10.1. The van der Waals surface area contributed by atoms with Gasteiger partial charge in [0, 0.05) is 23.0 Å². The van der Waals surface area contributed by atoms with Crippen molar-refractivity contribution in [2.75, 3.05) is 5.32 Å². The summed E-state index contributed by atoms with van der Waals surface area (Å²) in [6, 6.07) is 14.8. The summed E-state index contributed by atoms with van der Waals surface area (Å²) < 4.78 is 7.86. The second-order valence-corrected chi connectivity index (χ2v) is 7.80.